The van der Waals surface area contributed by atoms with Crippen LogP contribution >= 0.6 is 23.4 Å². The predicted octanol–water partition coefficient (Wildman–Crippen LogP) is 3.34. The SMILES string of the molecule is Cc1c([C@H]2SCC(=O)Nc3ncn(-c4cccc(Cl)c4)c32)cnn1C. The van der Waals surface area contributed by atoms with Gasteiger partial charge in [0.15, 0.2) is 5.82 Å². The number of imidazole rings is 1. The molecule has 1 amide bonds. The third kappa shape index (κ3) is 2.83. The highest BCUT2D eigenvalue weighted by Gasteiger charge is 2.31. The van der Waals surface area contributed by atoms with Crippen LogP contribution in [0.2, 0.25) is 5.02 Å². The minimum Gasteiger partial charge on any atom is -0.308 e. The van der Waals surface area contributed by atoms with Crippen LogP contribution in [0.4, 0.5) is 5.82 Å². The van der Waals surface area contributed by atoms with E-state index in [1.807, 2.05) is 53.7 Å². The Morgan fingerprint density at radius 2 is 2.24 bits per heavy atom. The molecule has 0 saturated heterocycles. The van der Waals surface area contributed by atoms with Crippen LogP contribution < -0.4 is 5.32 Å². The number of halogens is 1. The number of carbonyl (C=O) groups is 1. The summed E-state index contributed by atoms with van der Waals surface area (Å²) in [7, 11) is 1.92. The van der Waals surface area contributed by atoms with Gasteiger partial charge in [-0.25, -0.2) is 4.98 Å². The first-order valence-corrected chi connectivity index (χ1v) is 9.20. The molecule has 8 heteroatoms. The summed E-state index contributed by atoms with van der Waals surface area (Å²) in [6.07, 6.45) is 3.59. The van der Waals surface area contributed by atoms with Crippen molar-refractivity contribution in [2.24, 2.45) is 7.05 Å². The summed E-state index contributed by atoms with van der Waals surface area (Å²) in [6, 6.07) is 7.59. The Hall–Kier alpha value is -2.25. The molecular formula is C17H16ClN5OS. The molecule has 0 bridgehead atoms. The molecular weight excluding hydrogens is 358 g/mol. The van der Waals surface area contributed by atoms with Crippen molar-refractivity contribution in [1.82, 2.24) is 19.3 Å². The van der Waals surface area contributed by atoms with Crippen LogP contribution in [0.3, 0.4) is 0 Å². The standard InChI is InChI=1S/C17H16ClN5OS/c1-10-13(7-20-22(10)2)16-15-17(21-14(24)8-25-16)19-9-23(15)12-5-3-4-11(18)6-12/h3-7,9,16H,8H2,1-2H3,(H,21,24)/t16-/m1/s1. The fourth-order valence-electron chi connectivity index (χ4n) is 2.95. The van der Waals surface area contributed by atoms with E-state index in [0.29, 0.717) is 16.6 Å². The van der Waals surface area contributed by atoms with Gasteiger partial charge in [0, 0.05) is 29.0 Å². The van der Waals surface area contributed by atoms with Crippen LogP contribution in [-0.4, -0.2) is 31.0 Å². The first-order valence-electron chi connectivity index (χ1n) is 7.77. The van der Waals surface area contributed by atoms with E-state index in [9.17, 15) is 4.79 Å². The maximum absolute atomic E-state index is 12.1. The quantitative estimate of drug-likeness (QED) is 0.748. The third-order valence-corrected chi connectivity index (χ3v) is 5.81. The van der Waals surface area contributed by atoms with Gasteiger partial charge in [0.05, 0.1) is 22.9 Å². The number of aromatic nitrogens is 4. The predicted molar refractivity (Wildman–Crippen MR) is 99.4 cm³/mol. The second kappa shape index (κ2) is 6.24. The fraction of sp³-hybridized carbons (Fsp3) is 0.235. The van der Waals surface area contributed by atoms with Crippen LogP contribution in [-0.2, 0) is 11.8 Å². The summed E-state index contributed by atoms with van der Waals surface area (Å²) in [5.74, 6) is 0.903. The smallest absolute Gasteiger partial charge is 0.235 e. The Kier molecular flexibility index (Phi) is 4.05. The molecule has 25 heavy (non-hydrogen) atoms. The number of nitrogens with one attached hydrogen (secondary N) is 1. The lowest BCUT2D eigenvalue weighted by atomic mass is 10.1. The van der Waals surface area contributed by atoms with Crippen LogP contribution in [0.25, 0.3) is 5.69 Å². The molecule has 2 aromatic heterocycles. The first kappa shape index (κ1) is 16.2. The van der Waals surface area contributed by atoms with Crippen molar-refractivity contribution in [3.63, 3.8) is 0 Å². The largest absolute Gasteiger partial charge is 0.308 e. The third-order valence-electron chi connectivity index (χ3n) is 4.33. The van der Waals surface area contributed by atoms with Crippen molar-refractivity contribution < 1.29 is 4.79 Å². The van der Waals surface area contributed by atoms with Crippen molar-refractivity contribution in [3.8, 4) is 5.69 Å². The maximum Gasteiger partial charge on any atom is 0.235 e. The van der Waals surface area contributed by atoms with Gasteiger partial charge in [0.1, 0.15) is 6.33 Å². The first-order chi connectivity index (χ1) is 12.0. The van der Waals surface area contributed by atoms with Crippen molar-refractivity contribution in [3.05, 3.63) is 58.8 Å². The van der Waals surface area contributed by atoms with Crippen LogP contribution in [0.1, 0.15) is 22.2 Å². The number of hydrogen-bond donors (Lipinski definition) is 1. The Morgan fingerprint density at radius 1 is 1.40 bits per heavy atom. The monoisotopic (exact) mass is 373 g/mol. The number of anilines is 1. The van der Waals surface area contributed by atoms with Crippen molar-refractivity contribution in [2.75, 3.05) is 11.1 Å². The highest BCUT2D eigenvalue weighted by molar-refractivity contribution is 8.00. The number of carbonyl (C=O) groups excluding carboxylic acids is 1. The lowest BCUT2D eigenvalue weighted by Gasteiger charge is -2.17. The molecule has 0 saturated carbocycles. The summed E-state index contributed by atoms with van der Waals surface area (Å²) >= 11 is 7.73. The number of aryl methyl sites for hydroxylation is 1. The topological polar surface area (TPSA) is 64.7 Å². The van der Waals surface area contributed by atoms with Gasteiger partial charge in [-0.1, -0.05) is 17.7 Å². The fourth-order valence-corrected chi connectivity index (χ4v) is 4.32. The number of benzene rings is 1. The lowest BCUT2D eigenvalue weighted by Crippen LogP contribution is -2.12. The van der Waals surface area contributed by atoms with Crippen molar-refractivity contribution >= 4 is 35.1 Å². The second-order valence-electron chi connectivity index (χ2n) is 5.88. The van der Waals surface area contributed by atoms with Gasteiger partial charge in [0.2, 0.25) is 5.91 Å². The van der Waals surface area contributed by atoms with E-state index in [2.05, 4.69) is 15.4 Å². The molecule has 0 unspecified atom stereocenters. The van der Waals surface area contributed by atoms with E-state index in [0.717, 1.165) is 22.6 Å². The minimum atomic E-state index is -0.0517. The zero-order valence-corrected chi connectivity index (χ0v) is 15.3. The molecule has 4 rings (SSSR count). The molecule has 1 aliphatic heterocycles. The van der Waals surface area contributed by atoms with E-state index in [1.54, 1.807) is 18.1 Å². The molecule has 1 N–H and O–H groups in total. The zero-order valence-electron chi connectivity index (χ0n) is 13.7. The maximum atomic E-state index is 12.1. The van der Waals surface area contributed by atoms with Gasteiger partial charge >= 0.3 is 0 Å². The summed E-state index contributed by atoms with van der Waals surface area (Å²) in [5.41, 5.74) is 3.98. The lowest BCUT2D eigenvalue weighted by molar-refractivity contribution is -0.113. The molecule has 3 heterocycles. The number of nitrogens with zero attached hydrogens (tertiary/aromatic N) is 4. The summed E-state index contributed by atoms with van der Waals surface area (Å²) in [4.78, 5) is 16.5. The van der Waals surface area contributed by atoms with Gasteiger partial charge in [-0.05, 0) is 25.1 Å². The second-order valence-corrected chi connectivity index (χ2v) is 7.41. The average Bonchev–Trinajstić information content (AvgIpc) is 3.09. The van der Waals surface area contributed by atoms with Crippen LogP contribution in [0.5, 0.6) is 0 Å². The van der Waals surface area contributed by atoms with Crippen molar-refractivity contribution in [1.29, 1.82) is 0 Å². The Morgan fingerprint density at radius 3 is 2.96 bits per heavy atom. The van der Waals surface area contributed by atoms with Gasteiger partial charge in [-0.2, -0.15) is 5.10 Å². The molecule has 0 spiro atoms. The summed E-state index contributed by atoms with van der Waals surface area (Å²) < 4.78 is 3.83. The van der Waals surface area contributed by atoms with E-state index in [4.69, 9.17) is 11.6 Å². The Balaban J connectivity index is 1.91. The van der Waals surface area contributed by atoms with Gasteiger partial charge in [-0.3, -0.25) is 14.0 Å². The van der Waals surface area contributed by atoms with E-state index < -0.39 is 0 Å². The van der Waals surface area contributed by atoms with Crippen LogP contribution in [0.15, 0.2) is 36.8 Å². The summed E-state index contributed by atoms with van der Waals surface area (Å²) in [6.45, 7) is 2.03. The van der Waals surface area contributed by atoms with E-state index >= 15 is 0 Å². The molecule has 1 aromatic carbocycles. The van der Waals surface area contributed by atoms with Gasteiger partial charge in [0.25, 0.3) is 0 Å². The van der Waals surface area contributed by atoms with Crippen LogP contribution in [0, 0.1) is 6.92 Å². The summed E-state index contributed by atoms with van der Waals surface area (Å²) in [5, 5.41) is 7.86. The van der Waals surface area contributed by atoms with E-state index in [-0.39, 0.29) is 11.2 Å². The molecule has 0 fully saturated rings. The molecule has 1 aliphatic rings. The van der Waals surface area contributed by atoms with Gasteiger partial charge in [-0.15, -0.1) is 11.8 Å². The molecule has 0 radical (unpaired) electrons. The number of fused-ring (bicyclic) bond motifs is 1. The highest BCUT2D eigenvalue weighted by Crippen LogP contribution is 2.43. The zero-order chi connectivity index (χ0) is 17.6. The number of rotatable bonds is 2. The average molecular weight is 374 g/mol. The van der Waals surface area contributed by atoms with E-state index in [1.165, 1.54) is 0 Å². The molecule has 0 aliphatic carbocycles. The molecule has 3 aromatic rings. The molecule has 1 atom stereocenters. The van der Waals surface area contributed by atoms with Gasteiger partial charge < -0.3 is 5.32 Å². The number of hydrogen-bond acceptors (Lipinski definition) is 4. The number of thioether (sulfide) groups is 1. The Bertz CT molecular complexity index is 964. The molecule has 6 nitrogen and oxygen atoms in total. The van der Waals surface area contributed by atoms with Crippen molar-refractivity contribution in [2.45, 2.75) is 12.2 Å². The normalized spacial score (nSPS) is 17.1. The minimum absolute atomic E-state index is 0.0494. The Labute approximate surface area is 154 Å². The highest BCUT2D eigenvalue weighted by atomic mass is 35.5. The molecule has 128 valence electrons. The number of amides is 1.